The van der Waals surface area contributed by atoms with E-state index in [1.165, 1.54) is 0 Å². The van der Waals surface area contributed by atoms with Crippen LogP contribution in [0, 0.1) is 0 Å². The summed E-state index contributed by atoms with van der Waals surface area (Å²) in [5, 5.41) is 6.27. The van der Waals surface area contributed by atoms with Crippen molar-refractivity contribution in [2.45, 2.75) is 0 Å². The Hall–Kier alpha value is -6.59. The molecule has 0 amide bonds. The molecular weight excluding hydrogens is 590 g/mol. The largest absolute Gasteiger partial charge is 0.455 e. The quantitative estimate of drug-likeness (QED) is 0.197. The molecule has 0 bridgehead atoms. The van der Waals surface area contributed by atoms with Crippen molar-refractivity contribution in [3.05, 3.63) is 152 Å². The number of hydrogen-bond donors (Lipinski definition) is 0. The van der Waals surface area contributed by atoms with Crippen molar-refractivity contribution >= 4 is 54.6 Å². The second kappa shape index (κ2) is 10.5. The lowest BCUT2D eigenvalue weighted by Gasteiger charge is -2.10. The lowest BCUT2D eigenvalue weighted by Crippen LogP contribution is -2.00. The smallest absolute Gasteiger partial charge is 0.167 e. The van der Waals surface area contributed by atoms with Crippen LogP contribution in [0.3, 0.4) is 0 Å². The fraction of sp³-hybridized carbons (Fsp3) is 0. The number of rotatable bonds is 4. The number of fused-ring (bicyclic) bond motifs is 8. The maximum atomic E-state index is 6.65. The minimum absolute atomic E-state index is 0.545. The SMILES string of the molecule is c1ccc(-c2nc(-c3cccc4c3oc3ccccc34)nc(-c3cccc4oc5c6ccccc6c(-c6ccccc6)cc5c34)n2)cc1. The molecule has 3 aromatic heterocycles. The summed E-state index contributed by atoms with van der Waals surface area (Å²) in [5.74, 6) is 1.70. The highest BCUT2D eigenvalue weighted by atomic mass is 16.3. The van der Waals surface area contributed by atoms with E-state index in [0.29, 0.717) is 17.5 Å². The highest BCUT2D eigenvalue weighted by molar-refractivity contribution is 6.22. The average molecular weight is 616 g/mol. The van der Waals surface area contributed by atoms with Gasteiger partial charge in [-0.05, 0) is 40.8 Å². The van der Waals surface area contributed by atoms with E-state index >= 15 is 0 Å². The van der Waals surface area contributed by atoms with Gasteiger partial charge in [-0.15, -0.1) is 0 Å². The molecule has 224 valence electrons. The Kier molecular flexibility index (Phi) is 5.81. The number of para-hydroxylation sites is 2. The minimum Gasteiger partial charge on any atom is -0.455 e. The summed E-state index contributed by atoms with van der Waals surface area (Å²) < 4.78 is 13.1. The fourth-order valence-electron chi connectivity index (χ4n) is 6.95. The second-order valence-corrected chi connectivity index (χ2v) is 11.9. The van der Waals surface area contributed by atoms with Crippen molar-refractivity contribution in [1.82, 2.24) is 15.0 Å². The van der Waals surface area contributed by atoms with E-state index in [-0.39, 0.29) is 0 Å². The van der Waals surface area contributed by atoms with Gasteiger partial charge in [0.1, 0.15) is 22.3 Å². The molecule has 5 heteroatoms. The molecule has 0 aliphatic rings. The summed E-state index contributed by atoms with van der Waals surface area (Å²) in [4.78, 5) is 15.3. The maximum Gasteiger partial charge on any atom is 0.167 e. The lowest BCUT2D eigenvalue weighted by molar-refractivity contribution is 0.669. The number of aromatic nitrogens is 3. The maximum absolute atomic E-state index is 6.65. The van der Waals surface area contributed by atoms with Gasteiger partial charge in [0.15, 0.2) is 17.5 Å². The molecule has 0 spiro atoms. The zero-order valence-corrected chi connectivity index (χ0v) is 25.6. The summed E-state index contributed by atoms with van der Waals surface area (Å²) in [7, 11) is 0. The fourth-order valence-corrected chi connectivity index (χ4v) is 6.95. The monoisotopic (exact) mass is 615 g/mol. The van der Waals surface area contributed by atoms with Crippen molar-refractivity contribution in [2.24, 2.45) is 0 Å². The van der Waals surface area contributed by atoms with E-state index in [0.717, 1.165) is 82.5 Å². The average Bonchev–Trinajstić information content (AvgIpc) is 3.74. The van der Waals surface area contributed by atoms with Crippen LogP contribution in [0.25, 0.3) is 99.9 Å². The Morgan fingerprint density at radius 1 is 0.333 bits per heavy atom. The normalized spacial score (nSPS) is 11.8. The Morgan fingerprint density at radius 3 is 1.69 bits per heavy atom. The Bertz CT molecular complexity index is 2840. The highest BCUT2D eigenvalue weighted by Crippen LogP contribution is 2.43. The molecule has 10 rings (SSSR count). The summed E-state index contributed by atoms with van der Waals surface area (Å²) in [5.41, 5.74) is 8.08. The van der Waals surface area contributed by atoms with Crippen LogP contribution in [0.15, 0.2) is 160 Å². The van der Waals surface area contributed by atoms with Gasteiger partial charge in [-0.25, -0.2) is 15.0 Å². The third-order valence-electron chi connectivity index (χ3n) is 9.14. The van der Waals surface area contributed by atoms with Crippen LogP contribution < -0.4 is 0 Å². The second-order valence-electron chi connectivity index (χ2n) is 11.9. The van der Waals surface area contributed by atoms with Crippen LogP contribution in [0.5, 0.6) is 0 Å². The van der Waals surface area contributed by atoms with Crippen molar-refractivity contribution in [2.75, 3.05) is 0 Å². The molecule has 0 saturated carbocycles. The molecule has 0 saturated heterocycles. The molecule has 0 radical (unpaired) electrons. The molecule has 0 atom stereocenters. The van der Waals surface area contributed by atoms with Crippen molar-refractivity contribution in [3.63, 3.8) is 0 Å². The first kappa shape index (κ1) is 26.6. The predicted molar refractivity (Wildman–Crippen MR) is 194 cm³/mol. The van der Waals surface area contributed by atoms with E-state index in [1.807, 2.05) is 78.9 Å². The molecule has 48 heavy (non-hydrogen) atoms. The third-order valence-corrected chi connectivity index (χ3v) is 9.14. The van der Waals surface area contributed by atoms with E-state index in [2.05, 4.69) is 72.8 Å². The standard InChI is InChI=1S/C43H25N3O2/c1-3-13-26(14-4-1)34-25-35-38-32(21-12-24-37(38)48-40(35)30-19-8-7-17-28(30)34)42-44-41(27-15-5-2-6-16-27)45-43(46-42)33-22-11-20-31-29-18-9-10-23-36(29)47-39(31)33/h1-25H. The first-order valence-electron chi connectivity index (χ1n) is 15.9. The Morgan fingerprint density at radius 2 is 0.875 bits per heavy atom. The van der Waals surface area contributed by atoms with E-state index in [4.69, 9.17) is 23.8 Å². The lowest BCUT2D eigenvalue weighted by atomic mass is 9.94. The summed E-state index contributed by atoms with van der Waals surface area (Å²) in [6, 6.07) is 51.5. The first-order valence-corrected chi connectivity index (χ1v) is 15.9. The van der Waals surface area contributed by atoms with Gasteiger partial charge in [-0.2, -0.15) is 0 Å². The molecule has 0 aliphatic carbocycles. The number of nitrogens with zero attached hydrogens (tertiary/aromatic N) is 3. The van der Waals surface area contributed by atoms with Crippen LogP contribution in [-0.4, -0.2) is 15.0 Å². The van der Waals surface area contributed by atoms with Crippen LogP contribution in [0.4, 0.5) is 0 Å². The number of benzene rings is 7. The van der Waals surface area contributed by atoms with Crippen LogP contribution in [0.1, 0.15) is 0 Å². The van der Waals surface area contributed by atoms with E-state index < -0.39 is 0 Å². The van der Waals surface area contributed by atoms with Crippen LogP contribution in [-0.2, 0) is 0 Å². The Balaban J connectivity index is 1.28. The van der Waals surface area contributed by atoms with Crippen LogP contribution >= 0.6 is 0 Å². The third kappa shape index (κ3) is 4.08. The topological polar surface area (TPSA) is 65.0 Å². The summed E-state index contributed by atoms with van der Waals surface area (Å²) >= 11 is 0. The molecule has 0 unspecified atom stereocenters. The van der Waals surface area contributed by atoms with Gasteiger partial charge in [0, 0.05) is 38.1 Å². The molecule has 0 aliphatic heterocycles. The van der Waals surface area contributed by atoms with E-state index in [1.54, 1.807) is 0 Å². The van der Waals surface area contributed by atoms with Gasteiger partial charge in [0.25, 0.3) is 0 Å². The van der Waals surface area contributed by atoms with Crippen molar-refractivity contribution in [3.8, 4) is 45.3 Å². The van der Waals surface area contributed by atoms with Gasteiger partial charge >= 0.3 is 0 Å². The molecule has 5 nitrogen and oxygen atoms in total. The van der Waals surface area contributed by atoms with Gasteiger partial charge in [-0.1, -0.05) is 127 Å². The molecule has 3 heterocycles. The minimum atomic E-state index is 0.545. The molecule has 7 aromatic carbocycles. The summed E-state index contributed by atoms with van der Waals surface area (Å²) in [6.07, 6.45) is 0. The van der Waals surface area contributed by atoms with Gasteiger partial charge < -0.3 is 8.83 Å². The highest BCUT2D eigenvalue weighted by Gasteiger charge is 2.22. The zero-order valence-electron chi connectivity index (χ0n) is 25.6. The van der Waals surface area contributed by atoms with Crippen molar-refractivity contribution < 1.29 is 8.83 Å². The zero-order chi connectivity index (χ0) is 31.6. The summed E-state index contributed by atoms with van der Waals surface area (Å²) in [6.45, 7) is 0. The van der Waals surface area contributed by atoms with E-state index in [9.17, 15) is 0 Å². The number of hydrogen-bond acceptors (Lipinski definition) is 5. The first-order chi connectivity index (χ1) is 23.8. The van der Waals surface area contributed by atoms with Gasteiger partial charge in [-0.3, -0.25) is 0 Å². The van der Waals surface area contributed by atoms with Crippen molar-refractivity contribution in [1.29, 1.82) is 0 Å². The van der Waals surface area contributed by atoms with Gasteiger partial charge in [0.05, 0.1) is 5.56 Å². The Labute approximate surface area is 274 Å². The van der Waals surface area contributed by atoms with Gasteiger partial charge in [0.2, 0.25) is 0 Å². The molecule has 0 N–H and O–H groups in total. The molecule has 0 fully saturated rings. The number of furan rings is 2. The predicted octanol–water partition coefficient (Wildman–Crippen LogP) is 11.5. The molecule has 10 aromatic rings. The van der Waals surface area contributed by atoms with Crippen LogP contribution in [0.2, 0.25) is 0 Å². The molecular formula is C43H25N3O2.